The summed E-state index contributed by atoms with van der Waals surface area (Å²) in [5, 5.41) is 4.30. The summed E-state index contributed by atoms with van der Waals surface area (Å²) in [6.45, 7) is 6.65. The second kappa shape index (κ2) is 6.40. The van der Waals surface area contributed by atoms with Crippen LogP contribution in [0, 0.1) is 0 Å². The number of anilines is 1. The molecule has 0 bridgehead atoms. The van der Waals surface area contributed by atoms with E-state index in [0.29, 0.717) is 0 Å². The fourth-order valence-electron chi connectivity index (χ4n) is 4.09. The second-order valence-electron chi connectivity index (χ2n) is 8.88. The highest BCUT2D eigenvalue weighted by atomic mass is 16.5. The van der Waals surface area contributed by atoms with Crippen LogP contribution in [-0.2, 0) is 22.7 Å². The van der Waals surface area contributed by atoms with Crippen molar-refractivity contribution in [2.75, 3.05) is 12.4 Å². The molecule has 1 aromatic heterocycles. The molecule has 1 amide bonds. The molecule has 28 heavy (non-hydrogen) atoms. The summed E-state index contributed by atoms with van der Waals surface area (Å²) in [5.74, 6) is 0.851. The third-order valence-electron chi connectivity index (χ3n) is 5.88. The van der Waals surface area contributed by atoms with E-state index in [4.69, 9.17) is 4.74 Å². The lowest BCUT2D eigenvalue weighted by molar-refractivity contribution is -0.118. The predicted molar refractivity (Wildman–Crippen MR) is 114 cm³/mol. The number of carbonyl (C=O) groups excluding carboxylic acids is 1. The number of hydrogen-bond acceptors (Lipinski definition) is 2. The molecule has 1 N–H and O–H groups in total. The van der Waals surface area contributed by atoms with Crippen LogP contribution in [0.5, 0.6) is 5.75 Å². The third kappa shape index (κ3) is 3.07. The number of ether oxygens (including phenoxy) is 1. The van der Waals surface area contributed by atoms with E-state index >= 15 is 0 Å². The zero-order chi connectivity index (χ0) is 20.1. The van der Waals surface area contributed by atoms with Crippen LogP contribution in [0.2, 0.25) is 0 Å². The summed E-state index contributed by atoms with van der Waals surface area (Å²) < 4.78 is 7.57. The topological polar surface area (TPSA) is 43.3 Å². The molecule has 4 rings (SSSR count). The molecule has 2 aromatic carbocycles. The van der Waals surface area contributed by atoms with Gasteiger partial charge in [-0.25, -0.2) is 0 Å². The maximum atomic E-state index is 13.1. The quantitative estimate of drug-likeness (QED) is 0.684. The van der Waals surface area contributed by atoms with Gasteiger partial charge in [-0.1, -0.05) is 32.9 Å². The highest BCUT2D eigenvalue weighted by Crippen LogP contribution is 2.49. The predicted octanol–water partition coefficient (Wildman–Crippen LogP) is 5.15. The lowest BCUT2D eigenvalue weighted by Crippen LogP contribution is -2.27. The Morgan fingerprint density at radius 2 is 1.86 bits per heavy atom. The minimum Gasteiger partial charge on any atom is -0.497 e. The Morgan fingerprint density at radius 3 is 2.50 bits per heavy atom. The number of amides is 1. The average Bonchev–Trinajstić information content (AvgIpc) is 3.41. The number of nitrogens with one attached hydrogen (secondary N) is 1. The first-order valence-electron chi connectivity index (χ1n) is 9.80. The van der Waals surface area contributed by atoms with Crippen molar-refractivity contribution in [3.63, 3.8) is 0 Å². The largest absolute Gasteiger partial charge is 0.497 e. The first kappa shape index (κ1) is 18.6. The summed E-state index contributed by atoms with van der Waals surface area (Å²) >= 11 is 0. The fourth-order valence-corrected chi connectivity index (χ4v) is 4.09. The van der Waals surface area contributed by atoms with Crippen LogP contribution in [0.3, 0.4) is 0 Å². The summed E-state index contributed by atoms with van der Waals surface area (Å²) in [5.41, 5.74) is 3.97. The number of benzene rings is 2. The third-order valence-corrected chi connectivity index (χ3v) is 5.88. The van der Waals surface area contributed by atoms with Gasteiger partial charge in [-0.2, -0.15) is 0 Å². The molecule has 146 valence electrons. The molecular weight excluding hydrogens is 348 g/mol. The van der Waals surface area contributed by atoms with Crippen molar-refractivity contribution in [1.29, 1.82) is 0 Å². The number of aryl methyl sites for hydroxylation is 1. The van der Waals surface area contributed by atoms with Gasteiger partial charge in [0.1, 0.15) is 5.75 Å². The highest BCUT2D eigenvalue weighted by Gasteiger charge is 2.51. The first-order valence-corrected chi connectivity index (χ1v) is 9.80. The van der Waals surface area contributed by atoms with Gasteiger partial charge in [0.2, 0.25) is 5.91 Å². The van der Waals surface area contributed by atoms with Crippen molar-refractivity contribution < 1.29 is 9.53 Å². The Labute approximate surface area is 166 Å². The summed E-state index contributed by atoms with van der Waals surface area (Å²) in [7, 11) is 3.75. The minimum absolute atomic E-state index is 0.0621. The van der Waals surface area contributed by atoms with E-state index in [0.717, 1.165) is 35.2 Å². The van der Waals surface area contributed by atoms with E-state index in [-0.39, 0.29) is 11.3 Å². The normalized spacial score (nSPS) is 15.5. The van der Waals surface area contributed by atoms with Crippen LogP contribution in [0.1, 0.15) is 44.9 Å². The van der Waals surface area contributed by atoms with Gasteiger partial charge in [0.05, 0.1) is 12.5 Å². The lowest BCUT2D eigenvalue weighted by atomic mass is 9.92. The van der Waals surface area contributed by atoms with E-state index < -0.39 is 5.41 Å². The van der Waals surface area contributed by atoms with Crippen molar-refractivity contribution in [3.8, 4) is 5.75 Å². The highest BCUT2D eigenvalue weighted by molar-refractivity contribution is 6.02. The maximum Gasteiger partial charge on any atom is 0.235 e. The SMILES string of the molecule is COc1cccc(C2(C(=O)Nc3ccc4c(c3)cc(C(C)(C)C)n4C)CC2)c1. The smallest absolute Gasteiger partial charge is 0.235 e. The van der Waals surface area contributed by atoms with E-state index in [1.165, 1.54) is 11.2 Å². The van der Waals surface area contributed by atoms with Gasteiger partial charge in [0, 0.05) is 34.7 Å². The Bertz CT molecular complexity index is 1050. The monoisotopic (exact) mass is 376 g/mol. The van der Waals surface area contributed by atoms with E-state index in [1.807, 2.05) is 30.3 Å². The van der Waals surface area contributed by atoms with Gasteiger partial charge in [0.25, 0.3) is 0 Å². The number of aromatic nitrogens is 1. The van der Waals surface area contributed by atoms with Crippen LogP contribution in [0.15, 0.2) is 48.5 Å². The van der Waals surface area contributed by atoms with Gasteiger partial charge >= 0.3 is 0 Å². The van der Waals surface area contributed by atoms with Gasteiger partial charge in [-0.3, -0.25) is 4.79 Å². The summed E-state index contributed by atoms with van der Waals surface area (Å²) in [4.78, 5) is 13.1. The van der Waals surface area contributed by atoms with Crippen LogP contribution in [0.25, 0.3) is 10.9 Å². The van der Waals surface area contributed by atoms with Crippen molar-refractivity contribution in [3.05, 3.63) is 59.8 Å². The van der Waals surface area contributed by atoms with E-state index in [2.05, 4.69) is 55.9 Å². The number of hydrogen-bond donors (Lipinski definition) is 1. The minimum atomic E-state index is -0.434. The van der Waals surface area contributed by atoms with Gasteiger partial charge in [-0.05, 0) is 54.8 Å². The standard InChI is InChI=1S/C24H28N2O2/c1-23(2,3)21-14-16-13-18(9-10-20(16)26(21)4)25-22(27)24(11-12-24)17-7-6-8-19(15-17)28-5/h6-10,13-15H,11-12H2,1-5H3,(H,25,27). The van der Waals surface area contributed by atoms with Crippen molar-refractivity contribution in [2.24, 2.45) is 7.05 Å². The lowest BCUT2D eigenvalue weighted by Gasteiger charge is -2.19. The van der Waals surface area contributed by atoms with Crippen molar-refractivity contribution >= 4 is 22.5 Å². The molecule has 0 radical (unpaired) electrons. The Morgan fingerprint density at radius 1 is 1.11 bits per heavy atom. The van der Waals surface area contributed by atoms with Crippen LogP contribution >= 0.6 is 0 Å². The molecular formula is C24H28N2O2. The molecule has 0 aliphatic heterocycles. The fraction of sp³-hybridized carbons (Fsp3) is 0.375. The first-order chi connectivity index (χ1) is 13.2. The van der Waals surface area contributed by atoms with Crippen LogP contribution in [-0.4, -0.2) is 17.6 Å². The second-order valence-corrected chi connectivity index (χ2v) is 8.88. The molecule has 0 unspecified atom stereocenters. The van der Waals surface area contributed by atoms with Gasteiger partial charge in [0.15, 0.2) is 0 Å². The van der Waals surface area contributed by atoms with Crippen LogP contribution in [0.4, 0.5) is 5.69 Å². The number of rotatable bonds is 4. The molecule has 1 saturated carbocycles. The van der Waals surface area contributed by atoms with Crippen molar-refractivity contribution in [1.82, 2.24) is 4.57 Å². The average molecular weight is 377 g/mol. The molecule has 1 fully saturated rings. The Balaban J connectivity index is 1.62. The van der Waals surface area contributed by atoms with Crippen molar-refractivity contribution in [2.45, 2.75) is 44.4 Å². The number of methoxy groups -OCH3 is 1. The number of fused-ring (bicyclic) bond motifs is 1. The summed E-state index contributed by atoms with van der Waals surface area (Å²) in [6.07, 6.45) is 1.74. The molecule has 0 saturated heterocycles. The molecule has 1 heterocycles. The molecule has 1 aliphatic carbocycles. The molecule has 1 aliphatic rings. The van der Waals surface area contributed by atoms with Gasteiger partial charge in [-0.15, -0.1) is 0 Å². The maximum absolute atomic E-state index is 13.1. The molecule has 4 heteroatoms. The van der Waals surface area contributed by atoms with E-state index in [1.54, 1.807) is 7.11 Å². The van der Waals surface area contributed by atoms with Gasteiger partial charge < -0.3 is 14.6 Å². The number of nitrogens with zero attached hydrogens (tertiary/aromatic N) is 1. The van der Waals surface area contributed by atoms with E-state index in [9.17, 15) is 4.79 Å². The molecule has 4 nitrogen and oxygen atoms in total. The zero-order valence-corrected chi connectivity index (χ0v) is 17.3. The molecule has 0 spiro atoms. The zero-order valence-electron chi connectivity index (χ0n) is 17.3. The Hall–Kier alpha value is -2.75. The summed E-state index contributed by atoms with van der Waals surface area (Å²) in [6, 6.07) is 16.2. The number of carbonyl (C=O) groups is 1. The molecule has 3 aromatic rings. The van der Waals surface area contributed by atoms with Crippen LogP contribution < -0.4 is 10.1 Å². The Kier molecular flexibility index (Phi) is 4.25. The molecule has 0 atom stereocenters.